The molecule has 10 heteroatoms. The second-order valence-corrected chi connectivity index (χ2v) is 5.35. The van der Waals surface area contributed by atoms with E-state index in [1.807, 2.05) is 0 Å². The van der Waals surface area contributed by atoms with Crippen LogP contribution in [-0.4, -0.2) is 37.1 Å². The van der Waals surface area contributed by atoms with Crippen LogP contribution in [0.5, 0.6) is 11.5 Å². The number of halogens is 1. The Kier molecular flexibility index (Phi) is 6.85. The van der Waals surface area contributed by atoms with Crippen LogP contribution in [0.1, 0.15) is 17.3 Å². The van der Waals surface area contributed by atoms with Crippen LogP contribution in [0.15, 0.2) is 36.4 Å². The highest BCUT2D eigenvalue weighted by Gasteiger charge is 2.17. The Morgan fingerprint density at radius 1 is 1.18 bits per heavy atom. The summed E-state index contributed by atoms with van der Waals surface area (Å²) in [6.45, 7) is 1.50. The van der Waals surface area contributed by atoms with Crippen LogP contribution in [0.25, 0.3) is 0 Å². The van der Waals surface area contributed by atoms with E-state index in [9.17, 15) is 24.1 Å². The monoisotopic (exact) mass is 392 g/mol. The molecule has 0 aliphatic carbocycles. The van der Waals surface area contributed by atoms with Crippen molar-refractivity contribution in [3.8, 4) is 11.5 Å². The molecule has 9 nitrogen and oxygen atoms in total. The smallest absolute Gasteiger partial charge is 0.338 e. The zero-order chi connectivity index (χ0) is 20.7. The molecule has 0 saturated carbocycles. The van der Waals surface area contributed by atoms with Gasteiger partial charge < -0.3 is 19.5 Å². The predicted octanol–water partition coefficient (Wildman–Crippen LogP) is 2.94. The molecule has 0 saturated heterocycles. The number of amides is 1. The van der Waals surface area contributed by atoms with Crippen LogP contribution in [0, 0.1) is 15.9 Å². The molecule has 2 rings (SSSR count). The van der Waals surface area contributed by atoms with Gasteiger partial charge in [0, 0.05) is 11.8 Å². The summed E-state index contributed by atoms with van der Waals surface area (Å²) in [6, 6.07) is 7.27. The number of ether oxygens (including phenoxy) is 3. The third-order valence-electron chi connectivity index (χ3n) is 3.46. The normalized spacial score (nSPS) is 10.1. The van der Waals surface area contributed by atoms with Crippen molar-refractivity contribution in [2.75, 3.05) is 25.6 Å². The van der Waals surface area contributed by atoms with Gasteiger partial charge in [0.15, 0.2) is 18.1 Å². The lowest BCUT2D eigenvalue weighted by atomic mass is 10.2. The maximum absolute atomic E-state index is 13.3. The lowest BCUT2D eigenvalue weighted by molar-refractivity contribution is -0.387. The zero-order valence-electron chi connectivity index (χ0n) is 15.1. The van der Waals surface area contributed by atoms with Crippen molar-refractivity contribution >= 4 is 23.3 Å². The largest absolute Gasteiger partial charge is 0.493 e. The molecule has 0 bridgehead atoms. The van der Waals surface area contributed by atoms with Crippen LogP contribution in [-0.2, 0) is 9.53 Å². The van der Waals surface area contributed by atoms with Crippen molar-refractivity contribution < 1.29 is 33.1 Å². The molecule has 0 aliphatic rings. The van der Waals surface area contributed by atoms with Gasteiger partial charge in [0.1, 0.15) is 0 Å². The van der Waals surface area contributed by atoms with Gasteiger partial charge in [-0.25, -0.2) is 4.79 Å². The number of nitro groups is 1. The summed E-state index contributed by atoms with van der Waals surface area (Å²) in [5, 5.41) is 13.0. The van der Waals surface area contributed by atoms with E-state index in [4.69, 9.17) is 14.2 Å². The van der Waals surface area contributed by atoms with E-state index >= 15 is 0 Å². The average Bonchev–Trinajstić information content (AvgIpc) is 2.67. The second-order valence-electron chi connectivity index (χ2n) is 5.35. The third kappa shape index (κ3) is 5.16. The minimum Gasteiger partial charge on any atom is -0.493 e. The topological polar surface area (TPSA) is 117 Å². The van der Waals surface area contributed by atoms with Crippen molar-refractivity contribution in [2.24, 2.45) is 0 Å². The number of carbonyl (C=O) groups is 2. The van der Waals surface area contributed by atoms with E-state index in [2.05, 4.69) is 5.32 Å². The summed E-state index contributed by atoms with van der Waals surface area (Å²) in [5.41, 5.74) is -0.636. The molecule has 1 N–H and O–H groups in total. The summed E-state index contributed by atoms with van der Waals surface area (Å²) in [7, 11) is 1.46. The fourth-order valence-electron chi connectivity index (χ4n) is 2.21. The molecule has 0 fully saturated rings. The SMILES string of the molecule is CCOc1cc(C(=O)OCC(=O)Nc2ccc(F)c([N+](=O)[O-])c2)ccc1OC. The van der Waals surface area contributed by atoms with Crippen LogP contribution >= 0.6 is 0 Å². The summed E-state index contributed by atoms with van der Waals surface area (Å²) in [5.74, 6) is -1.76. The summed E-state index contributed by atoms with van der Waals surface area (Å²) < 4.78 is 28.7. The molecule has 0 radical (unpaired) electrons. The standard InChI is InChI=1S/C18H17FN2O7/c1-3-27-16-8-11(4-7-15(16)26-2)18(23)28-10-17(22)20-12-5-6-13(19)14(9-12)21(24)25/h4-9H,3,10H2,1-2H3,(H,20,22). The second kappa shape index (κ2) is 9.31. The molecular formula is C18H17FN2O7. The molecule has 1 amide bonds. The van der Waals surface area contributed by atoms with Gasteiger partial charge >= 0.3 is 11.7 Å². The maximum Gasteiger partial charge on any atom is 0.338 e. The zero-order valence-corrected chi connectivity index (χ0v) is 15.1. The van der Waals surface area contributed by atoms with Gasteiger partial charge in [-0.15, -0.1) is 0 Å². The van der Waals surface area contributed by atoms with Gasteiger partial charge in [-0.1, -0.05) is 0 Å². The Hall–Kier alpha value is -3.69. The first-order valence-corrected chi connectivity index (χ1v) is 8.07. The van der Waals surface area contributed by atoms with Crippen LogP contribution in [0.4, 0.5) is 15.8 Å². The highest BCUT2D eigenvalue weighted by molar-refractivity contribution is 5.96. The molecule has 0 atom stereocenters. The molecule has 0 aliphatic heterocycles. The number of nitro benzene ring substituents is 1. The fraction of sp³-hybridized carbons (Fsp3) is 0.222. The Balaban J connectivity index is 1.99. The quantitative estimate of drug-likeness (QED) is 0.417. The van der Waals surface area contributed by atoms with E-state index in [-0.39, 0.29) is 11.3 Å². The van der Waals surface area contributed by atoms with E-state index in [1.54, 1.807) is 6.92 Å². The molecular weight excluding hydrogens is 375 g/mol. The third-order valence-corrected chi connectivity index (χ3v) is 3.46. The Morgan fingerprint density at radius 3 is 2.57 bits per heavy atom. The summed E-state index contributed by atoms with van der Waals surface area (Å²) in [6.07, 6.45) is 0. The predicted molar refractivity (Wildman–Crippen MR) is 96.1 cm³/mol. The first-order chi connectivity index (χ1) is 13.3. The van der Waals surface area contributed by atoms with Gasteiger partial charge in [0.25, 0.3) is 5.91 Å². The van der Waals surface area contributed by atoms with E-state index in [0.717, 1.165) is 18.2 Å². The number of anilines is 1. The van der Waals surface area contributed by atoms with Crippen LogP contribution in [0.3, 0.4) is 0 Å². The Labute approximate surface area is 159 Å². The molecule has 0 unspecified atom stereocenters. The molecule has 148 valence electrons. The molecule has 28 heavy (non-hydrogen) atoms. The average molecular weight is 392 g/mol. The van der Waals surface area contributed by atoms with Gasteiger partial charge in [-0.05, 0) is 37.3 Å². The Bertz CT molecular complexity index is 901. The number of hydrogen-bond donors (Lipinski definition) is 1. The fourth-order valence-corrected chi connectivity index (χ4v) is 2.21. The lowest BCUT2D eigenvalue weighted by Gasteiger charge is -2.11. The number of benzene rings is 2. The first kappa shape index (κ1) is 20.6. The highest BCUT2D eigenvalue weighted by Crippen LogP contribution is 2.28. The van der Waals surface area contributed by atoms with Gasteiger partial charge in [0.05, 0.1) is 24.2 Å². The highest BCUT2D eigenvalue weighted by atomic mass is 19.1. The molecule has 0 spiro atoms. The molecule has 2 aromatic carbocycles. The summed E-state index contributed by atoms with van der Waals surface area (Å²) >= 11 is 0. The van der Waals surface area contributed by atoms with Crippen molar-refractivity contribution in [3.05, 3.63) is 57.9 Å². The minimum absolute atomic E-state index is 0.00257. The van der Waals surface area contributed by atoms with Gasteiger partial charge in [0.2, 0.25) is 5.82 Å². The van der Waals surface area contributed by atoms with E-state index < -0.39 is 34.9 Å². The van der Waals surface area contributed by atoms with Crippen molar-refractivity contribution in [2.45, 2.75) is 6.92 Å². The number of esters is 1. The first-order valence-electron chi connectivity index (χ1n) is 8.07. The van der Waals surface area contributed by atoms with Gasteiger partial charge in [-0.2, -0.15) is 4.39 Å². The number of nitrogens with one attached hydrogen (secondary N) is 1. The van der Waals surface area contributed by atoms with Crippen molar-refractivity contribution in [1.82, 2.24) is 0 Å². The maximum atomic E-state index is 13.3. The number of methoxy groups -OCH3 is 1. The number of hydrogen-bond acceptors (Lipinski definition) is 7. The van der Waals surface area contributed by atoms with Crippen LogP contribution < -0.4 is 14.8 Å². The van der Waals surface area contributed by atoms with Crippen molar-refractivity contribution in [1.29, 1.82) is 0 Å². The van der Waals surface area contributed by atoms with Crippen LogP contribution in [0.2, 0.25) is 0 Å². The van der Waals surface area contributed by atoms with Crippen molar-refractivity contribution in [3.63, 3.8) is 0 Å². The number of rotatable bonds is 8. The summed E-state index contributed by atoms with van der Waals surface area (Å²) in [4.78, 5) is 33.8. The lowest BCUT2D eigenvalue weighted by Crippen LogP contribution is -2.21. The van der Waals surface area contributed by atoms with Gasteiger partial charge in [-0.3, -0.25) is 14.9 Å². The molecule has 2 aromatic rings. The number of nitrogens with zero attached hydrogens (tertiary/aromatic N) is 1. The Morgan fingerprint density at radius 2 is 1.93 bits per heavy atom. The molecule has 0 heterocycles. The number of carbonyl (C=O) groups excluding carboxylic acids is 2. The molecule has 0 aromatic heterocycles. The van der Waals surface area contributed by atoms with E-state index in [1.165, 1.54) is 25.3 Å². The van der Waals surface area contributed by atoms with E-state index in [0.29, 0.717) is 18.1 Å². The minimum atomic E-state index is -1.03.